The lowest BCUT2D eigenvalue weighted by Crippen LogP contribution is -2.15. The summed E-state index contributed by atoms with van der Waals surface area (Å²) in [4.78, 5) is 25.0. The van der Waals surface area contributed by atoms with Crippen molar-refractivity contribution in [3.63, 3.8) is 0 Å². The van der Waals surface area contributed by atoms with Crippen LogP contribution in [0.2, 0.25) is 0 Å². The maximum Gasteiger partial charge on any atom is 0.254 e. The number of primary amides is 1. The number of Topliss-reactive ketones (excluding diaryl/α,β-unsaturated/α-hetero) is 1. The predicted octanol–water partition coefficient (Wildman–Crippen LogP) is 4.30. The molecule has 0 saturated carbocycles. The highest BCUT2D eigenvalue weighted by atomic mass is 16.5. The first-order valence-corrected chi connectivity index (χ1v) is 10.8. The highest BCUT2D eigenvalue weighted by Crippen LogP contribution is 2.30. The van der Waals surface area contributed by atoms with E-state index in [1.165, 1.54) is 6.92 Å². The van der Waals surface area contributed by atoms with Crippen molar-refractivity contribution in [2.75, 3.05) is 5.73 Å². The molecule has 0 saturated heterocycles. The summed E-state index contributed by atoms with van der Waals surface area (Å²) in [7, 11) is 0. The van der Waals surface area contributed by atoms with Crippen molar-refractivity contribution in [1.82, 2.24) is 14.9 Å². The number of hydrogen-bond donors (Lipinski definition) is 2. The van der Waals surface area contributed by atoms with E-state index in [1.54, 1.807) is 24.3 Å². The van der Waals surface area contributed by atoms with Crippen molar-refractivity contribution in [1.29, 1.82) is 0 Å². The van der Waals surface area contributed by atoms with E-state index in [2.05, 4.69) is 31.0 Å². The summed E-state index contributed by atoms with van der Waals surface area (Å²) in [5, 5.41) is 8.38. The molecule has 176 valence electrons. The number of carbonyl (C=O) groups is 2. The van der Waals surface area contributed by atoms with Crippen LogP contribution in [0.25, 0.3) is 11.3 Å². The molecular formula is C25H33N5O3. The van der Waals surface area contributed by atoms with Crippen LogP contribution in [0.1, 0.15) is 84.9 Å². The second-order valence-corrected chi connectivity index (χ2v) is 9.60. The van der Waals surface area contributed by atoms with E-state index in [0.29, 0.717) is 11.3 Å². The smallest absolute Gasteiger partial charge is 0.254 e. The van der Waals surface area contributed by atoms with Gasteiger partial charge in [0.25, 0.3) is 5.91 Å². The summed E-state index contributed by atoms with van der Waals surface area (Å²) in [6, 6.07) is 7.70. The fourth-order valence-corrected chi connectivity index (χ4v) is 3.69. The number of nitrogens with zero attached hydrogens (tertiary/aromatic N) is 3. The molecule has 3 aromatic rings. The second kappa shape index (κ2) is 9.21. The van der Waals surface area contributed by atoms with E-state index in [9.17, 15) is 9.59 Å². The monoisotopic (exact) mass is 454 g/mol. The Kier molecular flexibility index (Phi) is 5.64. The number of benzene rings is 1. The van der Waals surface area contributed by atoms with E-state index in [4.69, 9.17) is 20.1 Å². The van der Waals surface area contributed by atoms with Crippen LogP contribution >= 0.6 is 0 Å². The average Bonchev–Trinajstić information content (AvgIpc) is 3.34. The Morgan fingerprint density at radius 3 is 2.45 bits per heavy atom. The maximum atomic E-state index is 12.9. The minimum atomic E-state index is -2.37. The molecule has 0 bridgehead atoms. The minimum absolute atomic E-state index is 0.0286. The molecular weight excluding hydrogens is 418 g/mol. The quantitative estimate of drug-likeness (QED) is 0.522. The summed E-state index contributed by atoms with van der Waals surface area (Å²) < 4.78 is 29.4. The Morgan fingerprint density at radius 2 is 1.88 bits per heavy atom. The van der Waals surface area contributed by atoms with Crippen molar-refractivity contribution in [2.24, 2.45) is 11.1 Å². The largest absolute Gasteiger partial charge is 0.383 e. The molecule has 2 aromatic heterocycles. The van der Waals surface area contributed by atoms with Crippen molar-refractivity contribution in [3.05, 3.63) is 52.9 Å². The van der Waals surface area contributed by atoms with Crippen LogP contribution in [0.3, 0.4) is 0 Å². The Labute approximate surface area is 198 Å². The fraction of sp³-hybridized carbons (Fsp3) is 0.440. The van der Waals surface area contributed by atoms with Gasteiger partial charge in [-0.25, -0.2) is 4.68 Å². The fourth-order valence-electron chi connectivity index (χ4n) is 3.69. The van der Waals surface area contributed by atoms with Gasteiger partial charge in [0.05, 0.1) is 12.1 Å². The summed E-state index contributed by atoms with van der Waals surface area (Å²) in [6.07, 6.45) is 0.875. The molecule has 1 amide bonds. The van der Waals surface area contributed by atoms with Gasteiger partial charge >= 0.3 is 0 Å². The van der Waals surface area contributed by atoms with Gasteiger partial charge in [-0.15, -0.1) is 0 Å². The number of nitrogen functional groups attached to an aromatic ring is 1. The Hall–Kier alpha value is -3.42. The standard InChI is InChI=1S/C25H33N5O3/c1-14(2)30-23(26)21(24(27)32)22(28-30)17-9-7-16(8-10-17)15(3)20(31)12-19-11-18(29-33-19)13-25(4,5)6/h7-11,14-15H,12-13,26H2,1-6H3,(H2,27,32)/i1D3. The van der Waals surface area contributed by atoms with Crippen molar-refractivity contribution < 1.29 is 18.2 Å². The molecule has 0 fully saturated rings. The Balaban J connectivity index is 1.81. The van der Waals surface area contributed by atoms with Crippen LogP contribution < -0.4 is 11.5 Å². The number of rotatable bonds is 8. The first-order chi connectivity index (χ1) is 16.6. The summed E-state index contributed by atoms with van der Waals surface area (Å²) >= 11 is 0. The van der Waals surface area contributed by atoms with E-state index in [1.807, 2.05) is 13.0 Å². The summed E-state index contributed by atoms with van der Waals surface area (Å²) in [6.45, 7) is 7.21. The topological polar surface area (TPSA) is 130 Å². The molecule has 8 heteroatoms. The zero-order valence-corrected chi connectivity index (χ0v) is 19.7. The number of ketones is 1. The highest BCUT2D eigenvalue weighted by molar-refractivity contribution is 6.03. The zero-order valence-electron chi connectivity index (χ0n) is 22.7. The highest BCUT2D eigenvalue weighted by Gasteiger charge is 2.24. The maximum absolute atomic E-state index is 12.9. The average molecular weight is 455 g/mol. The van der Waals surface area contributed by atoms with Gasteiger partial charge in [0.1, 0.15) is 28.6 Å². The van der Waals surface area contributed by atoms with Gasteiger partial charge in [0.15, 0.2) is 0 Å². The molecule has 8 nitrogen and oxygen atoms in total. The number of carbonyl (C=O) groups excluding carboxylic acids is 2. The molecule has 0 aliphatic rings. The number of amides is 1. The summed E-state index contributed by atoms with van der Waals surface area (Å²) in [5.41, 5.74) is 13.9. The van der Waals surface area contributed by atoms with Crippen LogP contribution in [0, 0.1) is 5.41 Å². The number of hydrogen-bond acceptors (Lipinski definition) is 6. The van der Waals surface area contributed by atoms with Crippen LogP contribution in [0.15, 0.2) is 34.9 Å². The summed E-state index contributed by atoms with van der Waals surface area (Å²) in [5.74, 6) is -0.829. The van der Waals surface area contributed by atoms with Crippen LogP contribution in [-0.4, -0.2) is 26.6 Å². The molecule has 0 aliphatic heterocycles. The third-order valence-electron chi connectivity index (χ3n) is 5.40. The normalized spacial score (nSPS) is 15.4. The van der Waals surface area contributed by atoms with Crippen LogP contribution in [-0.2, 0) is 17.6 Å². The molecule has 33 heavy (non-hydrogen) atoms. The molecule has 2 atom stereocenters. The van der Waals surface area contributed by atoms with E-state index < -0.39 is 24.7 Å². The van der Waals surface area contributed by atoms with Crippen molar-refractivity contribution in [2.45, 2.75) is 66.3 Å². The van der Waals surface area contributed by atoms with Gasteiger partial charge in [-0.05, 0) is 31.2 Å². The number of anilines is 1. The van der Waals surface area contributed by atoms with E-state index in [0.717, 1.165) is 22.4 Å². The van der Waals surface area contributed by atoms with E-state index >= 15 is 0 Å². The first-order valence-electron chi connectivity index (χ1n) is 12.3. The molecule has 1 aromatic carbocycles. The Morgan fingerprint density at radius 1 is 1.21 bits per heavy atom. The molecule has 2 heterocycles. The third-order valence-corrected chi connectivity index (χ3v) is 5.40. The van der Waals surface area contributed by atoms with Crippen LogP contribution in [0.5, 0.6) is 0 Å². The SMILES string of the molecule is [2H]C([2H])([2H])C(C)n1nc(-c2ccc(C(C)C(=O)Cc3cc(CC(C)(C)C)no3)cc2)c(C(N)=O)c1N. The van der Waals surface area contributed by atoms with Gasteiger partial charge in [-0.1, -0.05) is 57.1 Å². The molecule has 4 N–H and O–H groups in total. The van der Waals surface area contributed by atoms with Gasteiger partial charge in [0, 0.05) is 27.7 Å². The van der Waals surface area contributed by atoms with Gasteiger partial charge < -0.3 is 16.0 Å². The first kappa shape index (κ1) is 20.2. The third kappa shape index (κ3) is 5.50. The van der Waals surface area contributed by atoms with Gasteiger partial charge in [0.2, 0.25) is 0 Å². The lowest BCUT2D eigenvalue weighted by Gasteiger charge is -2.15. The lowest BCUT2D eigenvalue weighted by molar-refractivity contribution is -0.119. The van der Waals surface area contributed by atoms with Gasteiger partial charge in [-0.2, -0.15) is 5.10 Å². The molecule has 2 unspecified atom stereocenters. The molecule has 0 radical (unpaired) electrons. The number of nitrogens with two attached hydrogens (primary N) is 2. The number of aromatic nitrogens is 3. The van der Waals surface area contributed by atoms with Gasteiger partial charge in [-0.3, -0.25) is 9.59 Å². The van der Waals surface area contributed by atoms with Crippen LogP contribution in [0.4, 0.5) is 5.82 Å². The zero-order chi connectivity index (χ0) is 27.0. The molecule has 3 rings (SSSR count). The molecule has 0 aliphatic carbocycles. The lowest BCUT2D eigenvalue weighted by atomic mass is 9.90. The molecule has 0 spiro atoms. The van der Waals surface area contributed by atoms with Crippen molar-refractivity contribution in [3.8, 4) is 11.3 Å². The minimum Gasteiger partial charge on any atom is -0.383 e. The predicted molar refractivity (Wildman–Crippen MR) is 128 cm³/mol. The Bertz CT molecular complexity index is 1250. The van der Waals surface area contributed by atoms with Crippen molar-refractivity contribution >= 4 is 17.5 Å². The second-order valence-electron chi connectivity index (χ2n) is 9.60. The van der Waals surface area contributed by atoms with E-state index in [-0.39, 0.29) is 34.7 Å².